The van der Waals surface area contributed by atoms with Crippen molar-refractivity contribution in [1.29, 1.82) is 0 Å². The fourth-order valence-corrected chi connectivity index (χ4v) is 2.84. The molecule has 0 fully saturated rings. The van der Waals surface area contributed by atoms with Gasteiger partial charge in [0.15, 0.2) is 0 Å². The largest absolute Gasteiger partial charge is 0.507 e. The summed E-state index contributed by atoms with van der Waals surface area (Å²) in [5.41, 5.74) is 2.09. The second kappa shape index (κ2) is 4.46. The molecule has 2 heteroatoms. The zero-order valence-corrected chi connectivity index (χ0v) is 11.2. The van der Waals surface area contributed by atoms with Crippen LogP contribution in [0.4, 0.5) is 0 Å². The Kier molecular flexibility index (Phi) is 2.80. The van der Waals surface area contributed by atoms with Crippen LogP contribution in [0.15, 0.2) is 65.1 Å². The third-order valence-corrected chi connectivity index (χ3v) is 3.90. The van der Waals surface area contributed by atoms with Crippen molar-refractivity contribution in [1.82, 2.24) is 0 Å². The van der Waals surface area contributed by atoms with Crippen LogP contribution >= 0.6 is 15.9 Å². The van der Waals surface area contributed by atoms with Gasteiger partial charge in [-0.3, -0.25) is 0 Å². The number of halogens is 1. The summed E-state index contributed by atoms with van der Waals surface area (Å²) in [4.78, 5) is 0. The number of hydrogen-bond donors (Lipinski definition) is 1. The van der Waals surface area contributed by atoms with Crippen LogP contribution in [0.5, 0.6) is 5.75 Å². The van der Waals surface area contributed by atoms with E-state index in [1.165, 1.54) is 0 Å². The van der Waals surface area contributed by atoms with Crippen LogP contribution in [-0.4, -0.2) is 5.11 Å². The zero-order chi connectivity index (χ0) is 12.5. The molecule has 0 saturated carbocycles. The topological polar surface area (TPSA) is 20.2 Å². The Balaban J connectivity index is 2.35. The third-order valence-electron chi connectivity index (χ3n) is 3.04. The van der Waals surface area contributed by atoms with Crippen molar-refractivity contribution in [2.75, 3.05) is 0 Å². The van der Waals surface area contributed by atoms with E-state index in [9.17, 15) is 5.11 Å². The number of phenols is 1. The summed E-state index contributed by atoms with van der Waals surface area (Å²) in [6.07, 6.45) is 0. The molecule has 18 heavy (non-hydrogen) atoms. The first-order valence-corrected chi connectivity index (χ1v) is 6.52. The predicted octanol–water partition coefficient (Wildman–Crippen LogP) is 4.97. The standard InChI is InChI=1S/C16H11BrO/c17-16-13-9-5-4-8-12(13)15(18)10-14(16)11-6-2-1-3-7-11/h1-10,18H. The number of benzene rings is 3. The smallest absolute Gasteiger partial charge is 0.124 e. The minimum atomic E-state index is 0.313. The van der Waals surface area contributed by atoms with E-state index in [4.69, 9.17) is 0 Å². The molecule has 0 atom stereocenters. The third kappa shape index (κ3) is 1.79. The first-order chi connectivity index (χ1) is 8.77. The van der Waals surface area contributed by atoms with Crippen molar-refractivity contribution in [3.63, 3.8) is 0 Å². The molecule has 0 amide bonds. The lowest BCUT2D eigenvalue weighted by molar-refractivity contribution is 0.482. The van der Waals surface area contributed by atoms with E-state index in [-0.39, 0.29) is 0 Å². The molecule has 0 bridgehead atoms. The summed E-state index contributed by atoms with van der Waals surface area (Å²) >= 11 is 3.64. The lowest BCUT2D eigenvalue weighted by atomic mass is 10.0. The Morgan fingerprint density at radius 1 is 0.778 bits per heavy atom. The quantitative estimate of drug-likeness (QED) is 0.672. The first-order valence-electron chi connectivity index (χ1n) is 5.73. The van der Waals surface area contributed by atoms with Gasteiger partial charge in [0.05, 0.1) is 0 Å². The summed E-state index contributed by atoms with van der Waals surface area (Å²) < 4.78 is 1.02. The molecule has 0 spiro atoms. The highest BCUT2D eigenvalue weighted by Gasteiger charge is 2.10. The van der Waals surface area contributed by atoms with Gasteiger partial charge >= 0.3 is 0 Å². The average Bonchev–Trinajstić information content (AvgIpc) is 2.44. The molecule has 3 aromatic carbocycles. The van der Waals surface area contributed by atoms with Gasteiger partial charge in [0.2, 0.25) is 0 Å². The van der Waals surface area contributed by atoms with Crippen LogP contribution in [-0.2, 0) is 0 Å². The lowest BCUT2D eigenvalue weighted by Gasteiger charge is -2.10. The second-order valence-corrected chi connectivity index (χ2v) is 4.96. The summed E-state index contributed by atoms with van der Waals surface area (Å²) in [6, 6.07) is 19.7. The van der Waals surface area contributed by atoms with E-state index in [0.717, 1.165) is 26.4 Å². The average molecular weight is 299 g/mol. The van der Waals surface area contributed by atoms with Gasteiger partial charge in [-0.05, 0) is 27.6 Å². The van der Waals surface area contributed by atoms with Crippen LogP contribution in [0.2, 0.25) is 0 Å². The van der Waals surface area contributed by atoms with Crippen LogP contribution in [0.3, 0.4) is 0 Å². The van der Waals surface area contributed by atoms with E-state index in [1.807, 2.05) is 60.7 Å². The van der Waals surface area contributed by atoms with Gasteiger partial charge in [0, 0.05) is 20.8 Å². The molecule has 0 aromatic heterocycles. The van der Waals surface area contributed by atoms with Crippen LogP contribution in [0.1, 0.15) is 0 Å². The van der Waals surface area contributed by atoms with Crippen LogP contribution < -0.4 is 0 Å². The monoisotopic (exact) mass is 298 g/mol. The van der Waals surface area contributed by atoms with Crippen molar-refractivity contribution in [3.8, 4) is 16.9 Å². The van der Waals surface area contributed by atoms with E-state index in [2.05, 4.69) is 15.9 Å². The van der Waals surface area contributed by atoms with Gasteiger partial charge in [-0.15, -0.1) is 0 Å². The Bertz CT molecular complexity index is 705. The molecule has 0 unspecified atom stereocenters. The van der Waals surface area contributed by atoms with Gasteiger partial charge in [0.25, 0.3) is 0 Å². The molecular formula is C16H11BrO. The van der Waals surface area contributed by atoms with Gasteiger partial charge in [0.1, 0.15) is 5.75 Å². The highest BCUT2D eigenvalue weighted by atomic mass is 79.9. The molecule has 0 aliphatic heterocycles. The van der Waals surface area contributed by atoms with Crippen molar-refractivity contribution in [3.05, 3.63) is 65.1 Å². The predicted molar refractivity (Wildman–Crippen MR) is 78.7 cm³/mol. The van der Waals surface area contributed by atoms with Crippen molar-refractivity contribution in [2.24, 2.45) is 0 Å². The van der Waals surface area contributed by atoms with Crippen molar-refractivity contribution in [2.45, 2.75) is 0 Å². The second-order valence-electron chi connectivity index (χ2n) is 4.17. The Labute approximate surface area is 114 Å². The fourth-order valence-electron chi connectivity index (χ4n) is 2.15. The SMILES string of the molecule is Oc1cc(-c2ccccc2)c(Br)c2ccccc12. The molecule has 0 aliphatic carbocycles. The Hall–Kier alpha value is -1.80. The van der Waals surface area contributed by atoms with E-state index >= 15 is 0 Å². The van der Waals surface area contributed by atoms with Crippen molar-refractivity contribution >= 4 is 26.7 Å². The zero-order valence-electron chi connectivity index (χ0n) is 9.60. The minimum Gasteiger partial charge on any atom is -0.507 e. The molecule has 0 radical (unpaired) electrons. The maximum Gasteiger partial charge on any atom is 0.124 e. The molecule has 3 rings (SSSR count). The highest BCUT2D eigenvalue weighted by Crippen LogP contribution is 2.39. The highest BCUT2D eigenvalue weighted by molar-refractivity contribution is 9.10. The summed E-state index contributed by atoms with van der Waals surface area (Å²) in [6.45, 7) is 0. The van der Waals surface area contributed by atoms with E-state index < -0.39 is 0 Å². The molecular weight excluding hydrogens is 288 g/mol. The van der Waals surface area contributed by atoms with Gasteiger partial charge in [-0.25, -0.2) is 0 Å². The number of rotatable bonds is 1. The molecule has 0 heterocycles. The normalized spacial score (nSPS) is 10.7. The fraction of sp³-hybridized carbons (Fsp3) is 0. The Morgan fingerprint density at radius 3 is 2.11 bits per heavy atom. The molecule has 3 aromatic rings. The Morgan fingerprint density at radius 2 is 1.39 bits per heavy atom. The number of hydrogen-bond acceptors (Lipinski definition) is 1. The first kappa shape index (κ1) is 11.3. The minimum absolute atomic E-state index is 0.313. The van der Waals surface area contributed by atoms with Crippen LogP contribution in [0.25, 0.3) is 21.9 Å². The summed E-state index contributed by atoms with van der Waals surface area (Å²) in [5.74, 6) is 0.313. The van der Waals surface area contributed by atoms with E-state index in [0.29, 0.717) is 5.75 Å². The number of phenolic OH excluding ortho intramolecular Hbond substituents is 1. The number of fused-ring (bicyclic) bond motifs is 1. The molecule has 88 valence electrons. The maximum absolute atomic E-state index is 10.1. The molecule has 1 N–H and O–H groups in total. The maximum atomic E-state index is 10.1. The molecule has 1 nitrogen and oxygen atoms in total. The summed E-state index contributed by atoms with van der Waals surface area (Å²) in [5, 5.41) is 12.0. The number of aromatic hydroxyl groups is 1. The molecule has 0 aliphatic rings. The van der Waals surface area contributed by atoms with Gasteiger partial charge in [-0.2, -0.15) is 0 Å². The molecule has 0 saturated heterocycles. The van der Waals surface area contributed by atoms with Gasteiger partial charge < -0.3 is 5.11 Å². The van der Waals surface area contributed by atoms with E-state index in [1.54, 1.807) is 0 Å². The van der Waals surface area contributed by atoms with Crippen molar-refractivity contribution < 1.29 is 5.11 Å². The van der Waals surface area contributed by atoms with Gasteiger partial charge in [-0.1, -0.05) is 54.6 Å². The van der Waals surface area contributed by atoms with Crippen LogP contribution in [0, 0.1) is 0 Å². The lowest BCUT2D eigenvalue weighted by Crippen LogP contribution is -1.83. The summed E-state index contributed by atoms with van der Waals surface area (Å²) in [7, 11) is 0.